The highest BCUT2D eigenvalue weighted by Gasteiger charge is 2.16. The fraction of sp³-hybridized carbons (Fsp3) is 0.526. The van der Waals surface area contributed by atoms with Crippen molar-refractivity contribution in [3.8, 4) is 0 Å². The van der Waals surface area contributed by atoms with Crippen LogP contribution in [0.5, 0.6) is 0 Å². The predicted octanol–water partition coefficient (Wildman–Crippen LogP) is 2.88. The first-order chi connectivity index (χ1) is 11.9. The van der Waals surface area contributed by atoms with Crippen LogP contribution in [0.4, 0.5) is 0 Å². The first-order valence-corrected chi connectivity index (χ1v) is 10.3. The van der Waals surface area contributed by atoms with Crippen LogP contribution >= 0.6 is 0 Å². The molecular formula is C19H28N2O3S. The van der Waals surface area contributed by atoms with Crippen LogP contribution in [0.2, 0.25) is 0 Å². The second-order valence-electron chi connectivity index (χ2n) is 6.64. The highest BCUT2D eigenvalue weighted by atomic mass is 32.2. The Morgan fingerprint density at radius 3 is 2.44 bits per heavy atom. The van der Waals surface area contributed by atoms with Crippen molar-refractivity contribution in [2.45, 2.75) is 49.8 Å². The van der Waals surface area contributed by atoms with Gasteiger partial charge in [-0.25, -0.2) is 12.7 Å². The van der Waals surface area contributed by atoms with Gasteiger partial charge in [-0.15, -0.1) is 0 Å². The molecule has 0 aliphatic heterocycles. The maximum Gasteiger partial charge on any atom is 0.242 e. The Hall–Kier alpha value is -1.66. The fourth-order valence-corrected chi connectivity index (χ4v) is 3.78. The van der Waals surface area contributed by atoms with E-state index in [1.807, 2.05) is 0 Å². The molecule has 1 aromatic carbocycles. The third-order valence-corrected chi connectivity index (χ3v) is 6.33. The van der Waals surface area contributed by atoms with Crippen molar-refractivity contribution < 1.29 is 13.2 Å². The number of benzene rings is 1. The summed E-state index contributed by atoms with van der Waals surface area (Å²) in [6.45, 7) is 0.699. The number of aryl methyl sites for hydroxylation is 1. The van der Waals surface area contributed by atoms with Gasteiger partial charge in [-0.3, -0.25) is 4.79 Å². The summed E-state index contributed by atoms with van der Waals surface area (Å²) in [5.74, 6) is 0.0430. The number of carbonyl (C=O) groups excluding carboxylic acids is 1. The van der Waals surface area contributed by atoms with Gasteiger partial charge < -0.3 is 5.32 Å². The molecule has 0 radical (unpaired) electrons. The molecule has 0 spiro atoms. The average molecular weight is 365 g/mol. The van der Waals surface area contributed by atoms with Gasteiger partial charge in [0.25, 0.3) is 0 Å². The molecule has 1 N–H and O–H groups in total. The molecule has 2 rings (SSSR count). The largest absolute Gasteiger partial charge is 0.356 e. The second-order valence-corrected chi connectivity index (χ2v) is 8.79. The summed E-state index contributed by atoms with van der Waals surface area (Å²) < 4.78 is 25.2. The molecule has 0 atom stereocenters. The number of rotatable bonds is 8. The SMILES string of the molecule is CN(C)S(=O)(=O)c1ccc(CCC(=O)NCCC2=CCCCC2)cc1. The fourth-order valence-electron chi connectivity index (χ4n) is 2.88. The Kier molecular flexibility index (Phi) is 7.20. The van der Waals surface area contributed by atoms with Crippen molar-refractivity contribution in [2.24, 2.45) is 0 Å². The van der Waals surface area contributed by atoms with E-state index in [9.17, 15) is 13.2 Å². The van der Waals surface area contributed by atoms with Crippen LogP contribution in [0.1, 0.15) is 44.1 Å². The Morgan fingerprint density at radius 2 is 1.84 bits per heavy atom. The second kappa shape index (κ2) is 9.15. The van der Waals surface area contributed by atoms with Crippen LogP contribution in [0.3, 0.4) is 0 Å². The summed E-state index contributed by atoms with van der Waals surface area (Å²) in [7, 11) is -0.377. The van der Waals surface area contributed by atoms with Crippen molar-refractivity contribution >= 4 is 15.9 Å². The molecule has 138 valence electrons. The molecule has 0 saturated heterocycles. The van der Waals surface area contributed by atoms with Crippen LogP contribution in [-0.2, 0) is 21.2 Å². The van der Waals surface area contributed by atoms with E-state index in [-0.39, 0.29) is 10.8 Å². The summed E-state index contributed by atoms with van der Waals surface area (Å²) in [6.07, 6.45) is 9.15. The Labute approximate surface area is 151 Å². The van der Waals surface area contributed by atoms with Crippen LogP contribution in [0.25, 0.3) is 0 Å². The molecule has 0 fully saturated rings. The molecule has 0 heterocycles. The Morgan fingerprint density at radius 1 is 1.12 bits per heavy atom. The maximum atomic E-state index is 12.0. The van der Waals surface area contributed by atoms with Gasteiger partial charge in [0.15, 0.2) is 0 Å². The maximum absolute atomic E-state index is 12.0. The van der Waals surface area contributed by atoms with Gasteiger partial charge in [-0.1, -0.05) is 23.8 Å². The first kappa shape index (κ1) is 19.7. The van der Waals surface area contributed by atoms with Gasteiger partial charge in [0, 0.05) is 27.1 Å². The van der Waals surface area contributed by atoms with E-state index in [4.69, 9.17) is 0 Å². The standard InChI is InChI=1S/C19H28N2O3S/c1-21(2)25(23,24)18-11-8-17(9-12-18)10-13-19(22)20-15-14-16-6-4-3-5-7-16/h6,8-9,11-12H,3-5,7,10,13-15H2,1-2H3,(H,20,22). The third-order valence-electron chi connectivity index (χ3n) is 4.50. The van der Waals surface area contributed by atoms with E-state index >= 15 is 0 Å². The van der Waals surface area contributed by atoms with Crippen LogP contribution in [-0.4, -0.2) is 39.3 Å². The smallest absolute Gasteiger partial charge is 0.242 e. The lowest BCUT2D eigenvalue weighted by molar-refractivity contribution is -0.121. The number of nitrogens with one attached hydrogen (secondary N) is 1. The van der Waals surface area contributed by atoms with Gasteiger partial charge in [-0.05, 0) is 56.2 Å². The van der Waals surface area contributed by atoms with Crippen LogP contribution < -0.4 is 5.32 Å². The number of hydrogen-bond donors (Lipinski definition) is 1. The van der Waals surface area contributed by atoms with Crippen molar-refractivity contribution in [2.75, 3.05) is 20.6 Å². The van der Waals surface area contributed by atoms with Crippen molar-refractivity contribution in [3.63, 3.8) is 0 Å². The molecule has 0 bridgehead atoms. The minimum atomic E-state index is -3.40. The number of sulfonamides is 1. The zero-order valence-corrected chi connectivity index (χ0v) is 15.9. The van der Waals surface area contributed by atoms with Crippen molar-refractivity contribution in [1.29, 1.82) is 0 Å². The van der Waals surface area contributed by atoms with Crippen LogP contribution in [0, 0.1) is 0 Å². The van der Waals surface area contributed by atoms with Crippen molar-refractivity contribution in [1.82, 2.24) is 9.62 Å². The number of nitrogens with zero attached hydrogens (tertiary/aromatic N) is 1. The molecule has 0 unspecified atom stereocenters. The first-order valence-electron chi connectivity index (χ1n) is 8.85. The van der Waals surface area contributed by atoms with E-state index < -0.39 is 10.0 Å². The normalized spacial score (nSPS) is 15.1. The molecule has 0 aromatic heterocycles. The van der Waals surface area contributed by atoms with E-state index in [2.05, 4.69) is 11.4 Å². The monoisotopic (exact) mass is 364 g/mol. The molecule has 0 saturated carbocycles. The van der Waals surface area contributed by atoms with E-state index in [0.29, 0.717) is 19.4 Å². The van der Waals surface area contributed by atoms with Gasteiger partial charge in [0.2, 0.25) is 15.9 Å². The summed E-state index contributed by atoms with van der Waals surface area (Å²) in [6, 6.07) is 6.74. The van der Waals surface area contributed by atoms with Gasteiger partial charge in [0.05, 0.1) is 4.90 Å². The zero-order chi connectivity index (χ0) is 18.3. The summed E-state index contributed by atoms with van der Waals surface area (Å²) >= 11 is 0. The summed E-state index contributed by atoms with van der Waals surface area (Å²) in [5, 5.41) is 2.97. The molecular weight excluding hydrogens is 336 g/mol. The van der Waals surface area contributed by atoms with E-state index in [0.717, 1.165) is 18.4 Å². The number of allylic oxidation sites excluding steroid dienone is 1. The highest BCUT2D eigenvalue weighted by Crippen LogP contribution is 2.19. The average Bonchev–Trinajstić information content (AvgIpc) is 2.61. The lowest BCUT2D eigenvalue weighted by atomic mass is 9.97. The quantitative estimate of drug-likeness (QED) is 0.721. The van der Waals surface area contributed by atoms with Gasteiger partial charge in [-0.2, -0.15) is 0 Å². The zero-order valence-electron chi connectivity index (χ0n) is 15.1. The topological polar surface area (TPSA) is 66.5 Å². The minimum absolute atomic E-state index is 0.0430. The number of hydrogen-bond acceptors (Lipinski definition) is 3. The molecule has 25 heavy (non-hydrogen) atoms. The van der Waals surface area contributed by atoms with Crippen LogP contribution in [0.15, 0.2) is 40.8 Å². The third kappa shape index (κ3) is 5.97. The molecule has 5 nitrogen and oxygen atoms in total. The van der Waals surface area contributed by atoms with Gasteiger partial charge in [0.1, 0.15) is 0 Å². The van der Waals surface area contributed by atoms with E-state index in [1.165, 1.54) is 43.2 Å². The lowest BCUT2D eigenvalue weighted by Gasteiger charge is -2.13. The summed E-state index contributed by atoms with van der Waals surface area (Å²) in [5.41, 5.74) is 2.42. The minimum Gasteiger partial charge on any atom is -0.356 e. The number of amides is 1. The molecule has 1 aliphatic rings. The lowest BCUT2D eigenvalue weighted by Crippen LogP contribution is -2.25. The Balaban J connectivity index is 1.75. The predicted molar refractivity (Wildman–Crippen MR) is 99.8 cm³/mol. The molecule has 1 amide bonds. The Bertz CT molecular complexity index is 707. The molecule has 1 aliphatic carbocycles. The van der Waals surface area contributed by atoms with Gasteiger partial charge >= 0.3 is 0 Å². The molecule has 1 aromatic rings. The summed E-state index contributed by atoms with van der Waals surface area (Å²) in [4.78, 5) is 12.2. The highest BCUT2D eigenvalue weighted by molar-refractivity contribution is 7.89. The molecule has 6 heteroatoms. The van der Waals surface area contributed by atoms with Crippen molar-refractivity contribution in [3.05, 3.63) is 41.5 Å². The van der Waals surface area contributed by atoms with E-state index in [1.54, 1.807) is 24.3 Å². The number of carbonyl (C=O) groups is 1.